The lowest BCUT2D eigenvalue weighted by molar-refractivity contribution is 0.0255. The molecule has 1 unspecified atom stereocenters. The van der Waals surface area contributed by atoms with Crippen LogP contribution in [0, 0.1) is 18.6 Å². The Morgan fingerprint density at radius 3 is 2.44 bits per heavy atom. The molecule has 1 aliphatic heterocycles. The van der Waals surface area contributed by atoms with Crippen LogP contribution in [0.25, 0.3) is 0 Å². The minimum absolute atomic E-state index is 0.0472. The lowest BCUT2D eigenvalue weighted by Crippen LogP contribution is -2.64. The zero-order valence-electron chi connectivity index (χ0n) is 24.9. The van der Waals surface area contributed by atoms with E-state index in [9.17, 15) is 14.0 Å². The van der Waals surface area contributed by atoms with Gasteiger partial charge < -0.3 is 14.4 Å². The number of thiophene rings is 1. The van der Waals surface area contributed by atoms with Crippen LogP contribution in [0.5, 0.6) is 11.5 Å². The largest absolute Gasteiger partial charge is 0.486 e. The molecule has 1 fully saturated rings. The Balaban J connectivity index is 1.58. The highest BCUT2D eigenvalue weighted by Gasteiger charge is 2.49. The van der Waals surface area contributed by atoms with Crippen LogP contribution in [0.15, 0.2) is 96.3 Å². The van der Waals surface area contributed by atoms with E-state index in [1.165, 1.54) is 35.7 Å². The standard InChI is InChI=1S/C35H33F2N3O4S/c1-4-19-43-31-25(12-13-26(36)28(31)37)29(33-23(3)15-20-45-33)40-22-38(35(5-2)16-9-17-35)34(42)30-32(27(41)14-18-39(30)40)44-21-24-10-7-6-8-11-24/h4-8,10-15,18,20,29H,1-2,9,16-17,19,21-22H2,3H3. The quantitative estimate of drug-likeness (QED) is 0.169. The first kappa shape index (κ1) is 30.3. The SMILES string of the molecule is C=CCOc1c(C(c2sccc2C)N2CN(C3(C=C)CCC3)C(=O)c3c(OCc4ccccc4)c(=O)ccn32)ccc(F)c1F. The van der Waals surface area contributed by atoms with Crippen LogP contribution in [-0.2, 0) is 6.61 Å². The number of carbonyl (C=O) groups is 1. The van der Waals surface area contributed by atoms with Crippen LogP contribution < -0.4 is 19.9 Å². The van der Waals surface area contributed by atoms with Gasteiger partial charge >= 0.3 is 0 Å². The molecular weight excluding hydrogens is 596 g/mol. The molecule has 6 rings (SSSR count). The van der Waals surface area contributed by atoms with Gasteiger partial charge in [0.2, 0.25) is 11.2 Å². The minimum Gasteiger partial charge on any atom is -0.486 e. The van der Waals surface area contributed by atoms with Crippen LogP contribution in [-0.4, -0.2) is 34.3 Å². The lowest BCUT2D eigenvalue weighted by Gasteiger charge is -2.53. The molecule has 1 amide bonds. The Kier molecular flexibility index (Phi) is 8.33. The molecular formula is C35H33F2N3O4S. The number of halogens is 2. The smallest absolute Gasteiger partial charge is 0.278 e. The van der Waals surface area contributed by atoms with Gasteiger partial charge in [0.1, 0.15) is 25.9 Å². The number of aryl methyl sites for hydroxylation is 1. The van der Waals surface area contributed by atoms with E-state index in [0.717, 1.165) is 28.5 Å². The van der Waals surface area contributed by atoms with Gasteiger partial charge in [-0.1, -0.05) is 49.1 Å². The predicted molar refractivity (Wildman–Crippen MR) is 170 cm³/mol. The Morgan fingerprint density at radius 2 is 1.80 bits per heavy atom. The number of carbonyl (C=O) groups excluding carboxylic acids is 1. The molecule has 3 heterocycles. The molecule has 232 valence electrons. The van der Waals surface area contributed by atoms with Crippen LogP contribution in [0.4, 0.5) is 8.78 Å². The molecule has 2 aliphatic rings. The van der Waals surface area contributed by atoms with Crippen molar-refractivity contribution < 1.29 is 23.0 Å². The molecule has 10 heteroatoms. The summed E-state index contributed by atoms with van der Waals surface area (Å²) in [5, 5.41) is 3.80. The van der Waals surface area contributed by atoms with E-state index in [2.05, 4.69) is 13.2 Å². The first-order valence-corrected chi connectivity index (χ1v) is 15.6. The van der Waals surface area contributed by atoms with Crippen LogP contribution in [0.3, 0.4) is 0 Å². The van der Waals surface area contributed by atoms with Crippen molar-refractivity contribution in [2.75, 3.05) is 18.3 Å². The number of nitrogens with zero attached hydrogens (tertiary/aromatic N) is 3. The number of rotatable bonds is 11. The maximum atomic E-state index is 15.5. The average Bonchev–Trinajstić information content (AvgIpc) is 3.45. The zero-order valence-corrected chi connectivity index (χ0v) is 25.7. The summed E-state index contributed by atoms with van der Waals surface area (Å²) in [6, 6.07) is 14.5. The first-order valence-electron chi connectivity index (χ1n) is 14.7. The van der Waals surface area contributed by atoms with Gasteiger partial charge in [-0.15, -0.1) is 17.9 Å². The van der Waals surface area contributed by atoms with E-state index >= 15 is 4.39 Å². The van der Waals surface area contributed by atoms with Gasteiger partial charge in [-0.25, -0.2) is 4.39 Å². The van der Waals surface area contributed by atoms with Gasteiger partial charge in [-0.05, 0) is 60.9 Å². The van der Waals surface area contributed by atoms with Crippen molar-refractivity contribution in [2.45, 2.75) is 44.4 Å². The fraction of sp³-hybridized carbons (Fsp3) is 0.257. The highest BCUT2D eigenvalue weighted by atomic mass is 32.1. The number of amides is 1. The van der Waals surface area contributed by atoms with E-state index in [-0.39, 0.29) is 43.0 Å². The molecule has 1 saturated carbocycles. The summed E-state index contributed by atoms with van der Waals surface area (Å²) in [7, 11) is 0. The normalized spacial score (nSPS) is 16.0. The van der Waals surface area contributed by atoms with E-state index < -0.39 is 28.6 Å². The van der Waals surface area contributed by atoms with Gasteiger partial charge in [-0.2, -0.15) is 4.39 Å². The topological polar surface area (TPSA) is 64.0 Å². The average molecular weight is 630 g/mol. The van der Waals surface area contributed by atoms with E-state index in [4.69, 9.17) is 9.47 Å². The molecule has 2 aromatic carbocycles. The maximum absolute atomic E-state index is 15.5. The third kappa shape index (κ3) is 5.33. The minimum atomic E-state index is -1.12. The molecule has 0 bridgehead atoms. The summed E-state index contributed by atoms with van der Waals surface area (Å²) >= 11 is 1.45. The summed E-state index contributed by atoms with van der Waals surface area (Å²) in [6.45, 7) is 9.76. The molecule has 0 saturated heterocycles. The number of pyridine rings is 1. The third-order valence-corrected chi connectivity index (χ3v) is 9.65. The van der Waals surface area contributed by atoms with Crippen molar-refractivity contribution in [3.8, 4) is 11.5 Å². The van der Waals surface area contributed by atoms with Crippen molar-refractivity contribution in [1.29, 1.82) is 0 Å². The summed E-state index contributed by atoms with van der Waals surface area (Å²) in [6.07, 6.45) is 7.09. The van der Waals surface area contributed by atoms with E-state index in [1.54, 1.807) is 15.7 Å². The number of aromatic nitrogens is 1. The van der Waals surface area contributed by atoms with Crippen molar-refractivity contribution in [3.63, 3.8) is 0 Å². The highest BCUT2D eigenvalue weighted by Crippen LogP contribution is 2.45. The third-order valence-electron chi connectivity index (χ3n) is 8.58. The van der Waals surface area contributed by atoms with Crippen LogP contribution in [0.2, 0.25) is 0 Å². The molecule has 7 nitrogen and oxygen atoms in total. The Morgan fingerprint density at radius 1 is 1.02 bits per heavy atom. The Bertz CT molecular complexity index is 1820. The number of benzene rings is 2. The van der Waals surface area contributed by atoms with Gasteiger partial charge in [0.15, 0.2) is 23.0 Å². The summed E-state index contributed by atoms with van der Waals surface area (Å²) < 4.78 is 43.6. The first-order chi connectivity index (χ1) is 21.8. The molecule has 45 heavy (non-hydrogen) atoms. The molecule has 2 aromatic heterocycles. The fourth-order valence-corrected chi connectivity index (χ4v) is 7.07. The second-order valence-corrected chi connectivity index (χ2v) is 12.1. The number of hydrogen-bond acceptors (Lipinski definition) is 6. The molecule has 4 aromatic rings. The van der Waals surface area contributed by atoms with Crippen LogP contribution >= 0.6 is 11.3 Å². The number of ether oxygens (including phenoxy) is 2. The number of hydrogen-bond donors (Lipinski definition) is 0. The number of fused-ring (bicyclic) bond motifs is 1. The van der Waals surface area contributed by atoms with Crippen molar-refractivity contribution in [2.24, 2.45) is 0 Å². The Labute approximate surface area is 264 Å². The van der Waals surface area contributed by atoms with Crippen molar-refractivity contribution in [3.05, 3.63) is 141 Å². The summed E-state index contributed by atoms with van der Waals surface area (Å²) in [4.78, 5) is 30.4. The van der Waals surface area contributed by atoms with Gasteiger partial charge in [0.25, 0.3) is 5.91 Å². The molecule has 0 spiro atoms. The van der Waals surface area contributed by atoms with E-state index in [0.29, 0.717) is 18.4 Å². The maximum Gasteiger partial charge on any atom is 0.278 e. The second-order valence-electron chi connectivity index (χ2n) is 11.2. The van der Waals surface area contributed by atoms with E-state index in [1.807, 2.05) is 53.7 Å². The molecule has 1 aliphatic carbocycles. The van der Waals surface area contributed by atoms with Gasteiger partial charge in [-0.3, -0.25) is 19.3 Å². The highest BCUT2D eigenvalue weighted by molar-refractivity contribution is 7.10. The second kappa shape index (κ2) is 12.4. The van der Waals surface area contributed by atoms with Crippen molar-refractivity contribution in [1.82, 2.24) is 9.58 Å². The summed E-state index contributed by atoms with van der Waals surface area (Å²) in [5.74, 6) is -2.87. The van der Waals surface area contributed by atoms with Crippen LogP contribution in [0.1, 0.15) is 57.4 Å². The Hall–Kier alpha value is -4.70. The fourth-order valence-electron chi connectivity index (χ4n) is 6.02. The van der Waals surface area contributed by atoms with Crippen molar-refractivity contribution >= 4 is 17.2 Å². The zero-order chi connectivity index (χ0) is 31.7. The monoisotopic (exact) mass is 629 g/mol. The van der Waals surface area contributed by atoms with Gasteiger partial charge in [0, 0.05) is 22.7 Å². The molecule has 1 atom stereocenters. The predicted octanol–water partition coefficient (Wildman–Crippen LogP) is 6.89. The molecule has 0 N–H and O–H groups in total. The molecule has 0 radical (unpaired) electrons. The lowest BCUT2D eigenvalue weighted by atomic mass is 9.75. The van der Waals surface area contributed by atoms with Gasteiger partial charge in [0.05, 0.1) is 5.54 Å². The summed E-state index contributed by atoms with van der Waals surface area (Å²) in [5.41, 5.74) is 1.06.